The Kier molecular flexibility index (Phi) is 8.08. The predicted octanol–water partition coefficient (Wildman–Crippen LogP) is 3.13. The Bertz CT molecular complexity index is 600. The van der Waals surface area contributed by atoms with Crippen molar-refractivity contribution in [2.75, 3.05) is 39.5 Å². The number of benzene rings is 1. The molecular weight excluding hydrogens is 340 g/mol. The number of nitrogens with zero attached hydrogens (tertiary/aromatic N) is 2. The molecule has 1 aromatic carbocycles. The molecule has 0 spiro atoms. The van der Waals surface area contributed by atoms with Gasteiger partial charge in [-0.25, -0.2) is 4.99 Å². The summed E-state index contributed by atoms with van der Waals surface area (Å²) < 4.78 is 10.8. The second kappa shape index (κ2) is 11.0. The molecule has 3 rings (SSSR count). The summed E-state index contributed by atoms with van der Waals surface area (Å²) in [5.41, 5.74) is 1.12. The van der Waals surface area contributed by atoms with Gasteiger partial charge in [0.2, 0.25) is 6.79 Å². The number of guanidine groups is 1. The lowest BCUT2D eigenvalue weighted by Crippen LogP contribution is -2.37. The molecule has 2 aliphatic rings. The topological polar surface area (TPSA) is 58.1 Å². The zero-order chi connectivity index (χ0) is 18.7. The summed E-state index contributed by atoms with van der Waals surface area (Å²) in [6, 6.07) is 6.01. The van der Waals surface area contributed by atoms with Crippen molar-refractivity contribution < 1.29 is 9.47 Å². The van der Waals surface area contributed by atoms with Crippen LogP contribution in [0.3, 0.4) is 0 Å². The maximum atomic E-state index is 5.43. The van der Waals surface area contributed by atoms with Crippen molar-refractivity contribution in [3.05, 3.63) is 23.8 Å². The largest absolute Gasteiger partial charge is 0.454 e. The van der Waals surface area contributed by atoms with Crippen molar-refractivity contribution in [3.63, 3.8) is 0 Å². The van der Waals surface area contributed by atoms with Crippen LogP contribution in [-0.2, 0) is 6.54 Å². The monoisotopic (exact) mass is 374 g/mol. The molecule has 1 saturated heterocycles. The van der Waals surface area contributed by atoms with Crippen LogP contribution in [0.1, 0.15) is 51.0 Å². The summed E-state index contributed by atoms with van der Waals surface area (Å²) in [6.07, 6.45) is 7.93. The minimum atomic E-state index is 0.310. The lowest BCUT2D eigenvalue weighted by Gasteiger charge is -2.26. The van der Waals surface area contributed by atoms with E-state index in [0.717, 1.165) is 36.1 Å². The van der Waals surface area contributed by atoms with Crippen LogP contribution in [-0.4, -0.2) is 50.4 Å². The Morgan fingerprint density at radius 2 is 1.89 bits per heavy atom. The number of ether oxygens (including phenoxy) is 2. The molecule has 150 valence electrons. The van der Waals surface area contributed by atoms with Gasteiger partial charge in [0.25, 0.3) is 0 Å². The molecular formula is C21H34N4O2. The van der Waals surface area contributed by atoms with Crippen LogP contribution in [0.15, 0.2) is 23.2 Å². The second-order valence-electron chi connectivity index (χ2n) is 7.27. The molecule has 2 aliphatic heterocycles. The highest BCUT2D eigenvalue weighted by Crippen LogP contribution is 2.32. The highest BCUT2D eigenvalue weighted by atomic mass is 16.7. The fourth-order valence-corrected chi connectivity index (χ4v) is 3.58. The van der Waals surface area contributed by atoms with Gasteiger partial charge in [-0.15, -0.1) is 0 Å². The van der Waals surface area contributed by atoms with Crippen molar-refractivity contribution in [2.45, 2.75) is 52.0 Å². The van der Waals surface area contributed by atoms with Crippen LogP contribution in [0.25, 0.3) is 0 Å². The summed E-state index contributed by atoms with van der Waals surface area (Å²) in [6.45, 7) is 8.72. The van der Waals surface area contributed by atoms with Gasteiger partial charge in [0, 0.05) is 13.1 Å². The van der Waals surface area contributed by atoms with Crippen molar-refractivity contribution in [1.29, 1.82) is 0 Å². The molecule has 2 heterocycles. The molecule has 0 aliphatic carbocycles. The molecule has 6 nitrogen and oxygen atoms in total. The number of hydrogen-bond acceptors (Lipinski definition) is 4. The zero-order valence-corrected chi connectivity index (χ0v) is 16.6. The smallest absolute Gasteiger partial charge is 0.231 e. The minimum Gasteiger partial charge on any atom is -0.454 e. The zero-order valence-electron chi connectivity index (χ0n) is 16.6. The van der Waals surface area contributed by atoms with Crippen LogP contribution in [0, 0.1) is 0 Å². The molecule has 1 fully saturated rings. The van der Waals surface area contributed by atoms with E-state index < -0.39 is 0 Å². The molecule has 0 unspecified atom stereocenters. The van der Waals surface area contributed by atoms with Crippen LogP contribution in [0.2, 0.25) is 0 Å². The van der Waals surface area contributed by atoms with Gasteiger partial charge in [-0.1, -0.05) is 18.9 Å². The fourth-order valence-electron chi connectivity index (χ4n) is 3.58. The third-order valence-electron chi connectivity index (χ3n) is 5.09. The number of fused-ring (bicyclic) bond motifs is 1. The summed E-state index contributed by atoms with van der Waals surface area (Å²) in [4.78, 5) is 7.31. The molecule has 6 heteroatoms. The first-order valence-electron chi connectivity index (χ1n) is 10.5. The van der Waals surface area contributed by atoms with Gasteiger partial charge < -0.3 is 25.0 Å². The van der Waals surface area contributed by atoms with E-state index in [2.05, 4.69) is 22.5 Å². The molecule has 0 aromatic heterocycles. The average molecular weight is 375 g/mol. The van der Waals surface area contributed by atoms with Crippen LogP contribution in [0.5, 0.6) is 11.5 Å². The van der Waals surface area contributed by atoms with Gasteiger partial charge >= 0.3 is 0 Å². The Labute approximate surface area is 163 Å². The van der Waals surface area contributed by atoms with Crippen LogP contribution >= 0.6 is 0 Å². The maximum absolute atomic E-state index is 5.43. The number of hydrogen-bond donors (Lipinski definition) is 2. The second-order valence-corrected chi connectivity index (χ2v) is 7.27. The quantitative estimate of drug-likeness (QED) is 0.395. The van der Waals surface area contributed by atoms with Crippen LogP contribution < -0.4 is 20.1 Å². The summed E-state index contributed by atoms with van der Waals surface area (Å²) in [5, 5.41) is 6.77. The number of likely N-dealkylation sites (tertiary alicyclic amines) is 1. The lowest BCUT2D eigenvalue weighted by molar-refractivity contribution is 0.174. The first kappa shape index (κ1) is 19.8. The van der Waals surface area contributed by atoms with Crippen molar-refractivity contribution in [3.8, 4) is 11.5 Å². The Hall–Kier alpha value is -1.95. The van der Waals surface area contributed by atoms with E-state index in [1.165, 1.54) is 58.2 Å². The van der Waals surface area contributed by atoms with Crippen LogP contribution in [0.4, 0.5) is 0 Å². The molecule has 0 saturated carbocycles. The molecule has 0 bridgehead atoms. The SMILES string of the molecule is CCNC(=NCc1ccc2c(c1)OCO2)NCCCCCN1CCCCC1. The van der Waals surface area contributed by atoms with Gasteiger partial charge in [0.1, 0.15) is 0 Å². The Balaban J connectivity index is 1.34. The third-order valence-corrected chi connectivity index (χ3v) is 5.09. The molecule has 0 radical (unpaired) electrons. The van der Waals surface area contributed by atoms with Crippen molar-refractivity contribution >= 4 is 5.96 Å². The number of nitrogens with one attached hydrogen (secondary N) is 2. The highest BCUT2D eigenvalue weighted by Gasteiger charge is 2.13. The first-order chi connectivity index (χ1) is 13.3. The van der Waals surface area contributed by atoms with Crippen molar-refractivity contribution in [1.82, 2.24) is 15.5 Å². The van der Waals surface area contributed by atoms with E-state index in [-0.39, 0.29) is 0 Å². The third kappa shape index (κ3) is 6.61. The van der Waals surface area contributed by atoms with Gasteiger partial charge in [-0.2, -0.15) is 0 Å². The number of rotatable bonds is 9. The van der Waals surface area contributed by atoms with E-state index in [0.29, 0.717) is 13.3 Å². The van der Waals surface area contributed by atoms with Gasteiger partial charge in [-0.05, 0) is 69.9 Å². The van der Waals surface area contributed by atoms with E-state index in [1.807, 2.05) is 18.2 Å². The van der Waals surface area contributed by atoms with E-state index in [4.69, 9.17) is 14.5 Å². The lowest BCUT2D eigenvalue weighted by atomic mass is 10.1. The molecule has 1 aromatic rings. The molecule has 0 amide bonds. The summed E-state index contributed by atoms with van der Waals surface area (Å²) >= 11 is 0. The molecule has 27 heavy (non-hydrogen) atoms. The van der Waals surface area contributed by atoms with Gasteiger partial charge in [0.15, 0.2) is 17.5 Å². The van der Waals surface area contributed by atoms with Gasteiger partial charge in [-0.3, -0.25) is 0 Å². The highest BCUT2D eigenvalue weighted by molar-refractivity contribution is 5.79. The predicted molar refractivity (Wildman–Crippen MR) is 110 cm³/mol. The van der Waals surface area contributed by atoms with E-state index in [1.54, 1.807) is 0 Å². The first-order valence-corrected chi connectivity index (χ1v) is 10.5. The number of aliphatic imine (C=N–C) groups is 1. The Morgan fingerprint density at radius 3 is 2.74 bits per heavy atom. The molecule has 2 N–H and O–H groups in total. The van der Waals surface area contributed by atoms with Crippen molar-refractivity contribution in [2.24, 2.45) is 4.99 Å². The van der Waals surface area contributed by atoms with E-state index in [9.17, 15) is 0 Å². The summed E-state index contributed by atoms with van der Waals surface area (Å²) in [7, 11) is 0. The number of unbranched alkanes of at least 4 members (excludes halogenated alkanes) is 2. The average Bonchev–Trinajstić information content (AvgIpc) is 3.17. The van der Waals surface area contributed by atoms with E-state index >= 15 is 0 Å². The minimum absolute atomic E-state index is 0.310. The number of piperidine rings is 1. The molecule has 0 atom stereocenters. The standard InChI is InChI=1S/C21H34N4O2/c1-2-22-21(23-11-5-3-6-12-25-13-7-4-8-14-25)24-16-18-9-10-19-20(15-18)27-17-26-19/h9-10,15H,2-8,11-14,16-17H2,1H3,(H2,22,23,24). The summed E-state index contributed by atoms with van der Waals surface area (Å²) in [5.74, 6) is 2.51. The fraction of sp³-hybridized carbons (Fsp3) is 0.667. The maximum Gasteiger partial charge on any atom is 0.231 e. The Morgan fingerprint density at radius 1 is 1.04 bits per heavy atom. The van der Waals surface area contributed by atoms with Gasteiger partial charge in [0.05, 0.1) is 6.54 Å². The normalized spacial score (nSPS) is 17.1.